The van der Waals surface area contributed by atoms with Gasteiger partial charge in [0, 0.05) is 5.56 Å². The molecule has 0 aliphatic carbocycles. The van der Waals surface area contributed by atoms with Crippen LogP contribution in [0.5, 0.6) is 5.75 Å². The maximum Gasteiger partial charge on any atom is 0.326 e. The molecular formula is C16H22N2O5. The van der Waals surface area contributed by atoms with E-state index < -0.39 is 23.9 Å². The number of amides is 2. The first-order valence-corrected chi connectivity index (χ1v) is 7.44. The molecule has 1 aromatic carbocycles. The van der Waals surface area contributed by atoms with Gasteiger partial charge in [0.1, 0.15) is 12.3 Å². The minimum Gasteiger partial charge on any atom is -0.494 e. The van der Waals surface area contributed by atoms with Gasteiger partial charge in [-0.05, 0) is 37.6 Å². The van der Waals surface area contributed by atoms with Crippen LogP contribution < -0.4 is 15.8 Å². The lowest BCUT2D eigenvalue weighted by atomic mass is 10.2. The molecule has 7 heteroatoms. The SMILES string of the molecule is CCCCOc1ccc(C(=O)NCC(=O)O[C@@H](C)C(N)=O)cc1. The van der Waals surface area contributed by atoms with Gasteiger partial charge < -0.3 is 20.5 Å². The molecule has 3 N–H and O–H groups in total. The van der Waals surface area contributed by atoms with E-state index >= 15 is 0 Å². The van der Waals surface area contributed by atoms with E-state index in [2.05, 4.69) is 12.2 Å². The Morgan fingerprint density at radius 1 is 1.22 bits per heavy atom. The van der Waals surface area contributed by atoms with Crippen LogP contribution in [0.3, 0.4) is 0 Å². The van der Waals surface area contributed by atoms with E-state index in [-0.39, 0.29) is 6.54 Å². The first-order valence-electron chi connectivity index (χ1n) is 7.44. The number of rotatable bonds is 9. The molecule has 0 saturated heterocycles. The number of carbonyl (C=O) groups excluding carboxylic acids is 3. The van der Waals surface area contributed by atoms with Crippen LogP contribution in [-0.4, -0.2) is 37.0 Å². The maximum absolute atomic E-state index is 11.9. The van der Waals surface area contributed by atoms with Crippen LogP contribution in [0.25, 0.3) is 0 Å². The Balaban J connectivity index is 2.42. The summed E-state index contributed by atoms with van der Waals surface area (Å²) >= 11 is 0. The Labute approximate surface area is 135 Å². The molecule has 0 saturated carbocycles. The number of carbonyl (C=O) groups is 3. The molecule has 0 aromatic heterocycles. The van der Waals surface area contributed by atoms with Crippen molar-refractivity contribution in [2.75, 3.05) is 13.2 Å². The molecule has 0 bridgehead atoms. The van der Waals surface area contributed by atoms with Gasteiger partial charge in [0.25, 0.3) is 11.8 Å². The normalized spacial score (nSPS) is 11.4. The number of nitrogens with one attached hydrogen (secondary N) is 1. The summed E-state index contributed by atoms with van der Waals surface area (Å²) in [4.78, 5) is 34.1. The summed E-state index contributed by atoms with van der Waals surface area (Å²) in [5.74, 6) is -1.22. The number of primary amides is 1. The lowest BCUT2D eigenvalue weighted by molar-refractivity contribution is -0.152. The third-order valence-electron chi connectivity index (χ3n) is 2.99. The molecule has 23 heavy (non-hydrogen) atoms. The number of hydrogen-bond donors (Lipinski definition) is 2. The summed E-state index contributed by atoms with van der Waals surface area (Å²) in [7, 11) is 0. The highest BCUT2D eigenvalue weighted by molar-refractivity contribution is 5.96. The van der Waals surface area contributed by atoms with Gasteiger partial charge in [-0.25, -0.2) is 0 Å². The highest BCUT2D eigenvalue weighted by Gasteiger charge is 2.15. The third kappa shape index (κ3) is 6.82. The maximum atomic E-state index is 11.9. The zero-order valence-corrected chi connectivity index (χ0v) is 13.3. The fourth-order valence-electron chi connectivity index (χ4n) is 1.59. The highest BCUT2D eigenvalue weighted by atomic mass is 16.5. The smallest absolute Gasteiger partial charge is 0.326 e. The summed E-state index contributed by atoms with van der Waals surface area (Å²) in [6.45, 7) is 3.72. The van der Waals surface area contributed by atoms with E-state index in [0.717, 1.165) is 12.8 Å². The molecule has 0 spiro atoms. The summed E-state index contributed by atoms with van der Waals surface area (Å²) in [6.07, 6.45) is 0.984. The number of unbranched alkanes of at least 4 members (excludes halogenated alkanes) is 1. The second-order valence-electron chi connectivity index (χ2n) is 4.94. The Kier molecular flexibility index (Phi) is 7.59. The molecule has 7 nitrogen and oxygen atoms in total. The monoisotopic (exact) mass is 322 g/mol. The van der Waals surface area contributed by atoms with Crippen molar-refractivity contribution in [3.63, 3.8) is 0 Å². The quantitative estimate of drug-likeness (QED) is 0.521. The van der Waals surface area contributed by atoms with Crippen molar-refractivity contribution in [1.29, 1.82) is 0 Å². The average molecular weight is 322 g/mol. The standard InChI is InChI=1S/C16H22N2O5/c1-3-4-9-22-13-7-5-12(6-8-13)16(21)18-10-14(19)23-11(2)15(17)20/h5-8,11H,3-4,9-10H2,1-2H3,(H2,17,20)(H,18,21)/t11-/m0/s1. The predicted octanol–water partition coefficient (Wildman–Crippen LogP) is 1.01. The number of ether oxygens (including phenoxy) is 2. The van der Waals surface area contributed by atoms with Gasteiger partial charge in [-0.1, -0.05) is 13.3 Å². The second kappa shape index (κ2) is 9.45. The molecule has 0 fully saturated rings. The minimum absolute atomic E-state index is 0.342. The molecule has 0 aliphatic rings. The van der Waals surface area contributed by atoms with Crippen LogP contribution in [0.2, 0.25) is 0 Å². The molecule has 0 heterocycles. The van der Waals surface area contributed by atoms with Gasteiger partial charge >= 0.3 is 5.97 Å². The summed E-state index contributed by atoms with van der Waals surface area (Å²) < 4.78 is 10.2. The van der Waals surface area contributed by atoms with Crippen molar-refractivity contribution in [3.05, 3.63) is 29.8 Å². The highest BCUT2D eigenvalue weighted by Crippen LogP contribution is 2.12. The van der Waals surface area contributed by atoms with E-state index in [4.69, 9.17) is 15.2 Å². The second-order valence-corrected chi connectivity index (χ2v) is 4.94. The number of benzene rings is 1. The van der Waals surface area contributed by atoms with E-state index in [1.165, 1.54) is 6.92 Å². The number of esters is 1. The molecule has 0 unspecified atom stereocenters. The molecular weight excluding hydrogens is 300 g/mol. The third-order valence-corrected chi connectivity index (χ3v) is 2.99. The van der Waals surface area contributed by atoms with Crippen LogP contribution in [0.15, 0.2) is 24.3 Å². The van der Waals surface area contributed by atoms with E-state index in [9.17, 15) is 14.4 Å². The molecule has 1 rings (SSSR count). The first-order chi connectivity index (χ1) is 10.9. The average Bonchev–Trinajstić information content (AvgIpc) is 2.53. The molecule has 1 atom stereocenters. The van der Waals surface area contributed by atoms with Gasteiger partial charge in [0.05, 0.1) is 6.61 Å². The molecule has 0 aliphatic heterocycles. The van der Waals surface area contributed by atoms with Gasteiger partial charge in [0.2, 0.25) is 0 Å². The lowest BCUT2D eigenvalue weighted by Crippen LogP contribution is -2.36. The summed E-state index contributed by atoms with van der Waals surface area (Å²) in [5.41, 5.74) is 5.37. The molecule has 2 amide bonds. The van der Waals surface area contributed by atoms with Crippen LogP contribution in [0, 0.1) is 0 Å². The van der Waals surface area contributed by atoms with E-state index in [1.54, 1.807) is 24.3 Å². The van der Waals surface area contributed by atoms with Gasteiger partial charge in [-0.15, -0.1) is 0 Å². The number of hydrogen-bond acceptors (Lipinski definition) is 5. The fourth-order valence-corrected chi connectivity index (χ4v) is 1.59. The van der Waals surface area contributed by atoms with Crippen molar-refractivity contribution in [2.45, 2.75) is 32.8 Å². The molecule has 0 radical (unpaired) electrons. The van der Waals surface area contributed by atoms with Crippen molar-refractivity contribution in [3.8, 4) is 5.75 Å². The topological polar surface area (TPSA) is 108 Å². The Morgan fingerprint density at radius 2 is 1.87 bits per heavy atom. The minimum atomic E-state index is -1.03. The van der Waals surface area contributed by atoms with Gasteiger partial charge in [-0.3, -0.25) is 14.4 Å². The number of nitrogens with two attached hydrogens (primary N) is 1. The van der Waals surface area contributed by atoms with Crippen LogP contribution in [-0.2, 0) is 14.3 Å². The van der Waals surface area contributed by atoms with Crippen LogP contribution in [0.4, 0.5) is 0 Å². The van der Waals surface area contributed by atoms with E-state index in [1.807, 2.05) is 0 Å². The fraction of sp³-hybridized carbons (Fsp3) is 0.438. The molecule has 126 valence electrons. The summed E-state index contributed by atoms with van der Waals surface area (Å²) in [5, 5.41) is 2.41. The van der Waals surface area contributed by atoms with Crippen LogP contribution >= 0.6 is 0 Å². The Bertz CT molecular complexity index is 542. The predicted molar refractivity (Wildman–Crippen MR) is 83.9 cm³/mol. The Morgan fingerprint density at radius 3 is 2.43 bits per heavy atom. The first kappa shape index (κ1) is 18.5. The van der Waals surface area contributed by atoms with Gasteiger partial charge in [-0.2, -0.15) is 0 Å². The van der Waals surface area contributed by atoms with Crippen LogP contribution in [0.1, 0.15) is 37.0 Å². The van der Waals surface area contributed by atoms with Crippen molar-refractivity contribution < 1.29 is 23.9 Å². The van der Waals surface area contributed by atoms with Crippen molar-refractivity contribution in [1.82, 2.24) is 5.32 Å². The zero-order chi connectivity index (χ0) is 17.2. The molecule has 1 aromatic rings. The lowest BCUT2D eigenvalue weighted by Gasteiger charge is -2.10. The largest absolute Gasteiger partial charge is 0.494 e. The Hall–Kier alpha value is -2.57. The summed E-state index contributed by atoms with van der Waals surface area (Å²) in [6, 6.07) is 6.60. The zero-order valence-electron chi connectivity index (χ0n) is 13.3. The van der Waals surface area contributed by atoms with Gasteiger partial charge in [0.15, 0.2) is 6.10 Å². The van der Waals surface area contributed by atoms with E-state index in [0.29, 0.717) is 17.9 Å². The van der Waals surface area contributed by atoms with Crippen molar-refractivity contribution >= 4 is 17.8 Å². The van der Waals surface area contributed by atoms with Crippen molar-refractivity contribution in [2.24, 2.45) is 5.73 Å².